The van der Waals surface area contributed by atoms with Crippen LogP contribution >= 0.6 is 0 Å². The summed E-state index contributed by atoms with van der Waals surface area (Å²) in [5.41, 5.74) is 2.04. The Balaban J connectivity index is 1.81. The summed E-state index contributed by atoms with van der Waals surface area (Å²) in [6.07, 6.45) is 0.163. The minimum atomic E-state index is -0.581. The molecule has 1 aromatic carbocycles. The van der Waals surface area contributed by atoms with Crippen LogP contribution < -0.4 is 10.1 Å². The van der Waals surface area contributed by atoms with Crippen LogP contribution in [0.25, 0.3) is 0 Å². The molecule has 5 heteroatoms. The second-order valence-electron chi connectivity index (χ2n) is 5.25. The zero-order chi connectivity index (χ0) is 13.5. The van der Waals surface area contributed by atoms with Gasteiger partial charge < -0.3 is 14.2 Å². The number of aldehydes is 1. The van der Waals surface area contributed by atoms with Crippen LogP contribution in [0.2, 0.25) is 0 Å². The topological polar surface area (TPSA) is 56.8 Å². The van der Waals surface area contributed by atoms with E-state index in [2.05, 4.69) is 5.32 Å². The molecule has 5 nitrogen and oxygen atoms in total. The van der Waals surface area contributed by atoms with E-state index in [1.54, 1.807) is 0 Å². The predicted octanol–water partition coefficient (Wildman–Crippen LogP) is 1.52. The summed E-state index contributed by atoms with van der Waals surface area (Å²) < 4.78 is 16.9. The van der Waals surface area contributed by atoms with Gasteiger partial charge in [-0.3, -0.25) is 10.1 Å². The van der Waals surface area contributed by atoms with Crippen molar-refractivity contribution >= 4 is 6.29 Å². The average Bonchev–Trinajstić information content (AvgIpc) is 2.86. The van der Waals surface area contributed by atoms with Gasteiger partial charge in [-0.25, -0.2) is 0 Å². The van der Waals surface area contributed by atoms with Gasteiger partial charge in [0.1, 0.15) is 5.75 Å². The van der Waals surface area contributed by atoms with E-state index in [0.717, 1.165) is 23.2 Å². The highest BCUT2D eigenvalue weighted by Gasteiger charge is 2.30. The van der Waals surface area contributed by atoms with Crippen LogP contribution in [0.5, 0.6) is 5.75 Å². The molecule has 1 unspecified atom stereocenters. The molecule has 0 bridgehead atoms. The van der Waals surface area contributed by atoms with Gasteiger partial charge >= 0.3 is 0 Å². The van der Waals surface area contributed by atoms with Crippen LogP contribution in [0.1, 0.15) is 31.1 Å². The van der Waals surface area contributed by atoms with E-state index < -0.39 is 12.0 Å². The first kappa shape index (κ1) is 12.6. The Hall–Kier alpha value is -1.43. The molecule has 1 N–H and O–H groups in total. The second kappa shape index (κ2) is 4.59. The molecule has 0 aliphatic carbocycles. The molecule has 2 heterocycles. The van der Waals surface area contributed by atoms with Gasteiger partial charge in [-0.15, -0.1) is 0 Å². The number of ether oxygens (including phenoxy) is 3. The zero-order valence-corrected chi connectivity index (χ0v) is 11.0. The summed E-state index contributed by atoms with van der Waals surface area (Å²) in [4.78, 5) is 10.7. The molecule has 0 aromatic heterocycles. The van der Waals surface area contributed by atoms with E-state index in [1.165, 1.54) is 0 Å². The maximum absolute atomic E-state index is 10.7. The van der Waals surface area contributed by atoms with Crippen molar-refractivity contribution in [1.29, 1.82) is 0 Å². The average molecular weight is 263 g/mol. The van der Waals surface area contributed by atoms with Crippen molar-refractivity contribution in [3.8, 4) is 5.75 Å². The van der Waals surface area contributed by atoms with Crippen molar-refractivity contribution in [3.05, 3.63) is 29.3 Å². The van der Waals surface area contributed by atoms with E-state index >= 15 is 0 Å². The lowest BCUT2D eigenvalue weighted by Gasteiger charge is -2.32. The molecule has 19 heavy (non-hydrogen) atoms. The van der Waals surface area contributed by atoms with E-state index in [4.69, 9.17) is 14.2 Å². The van der Waals surface area contributed by atoms with Crippen LogP contribution in [-0.2, 0) is 20.9 Å². The highest BCUT2D eigenvalue weighted by atomic mass is 16.7. The van der Waals surface area contributed by atoms with Crippen LogP contribution in [0.4, 0.5) is 0 Å². The van der Waals surface area contributed by atoms with Crippen LogP contribution in [0.3, 0.4) is 0 Å². The molecule has 1 aromatic rings. The SMILES string of the molecule is CC1(C)OCc2cc([C@@H]3CNC(C=O)O3)ccc2O1. The fourth-order valence-corrected chi connectivity index (χ4v) is 2.33. The fourth-order valence-electron chi connectivity index (χ4n) is 2.33. The molecule has 0 saturated carbocycles. The molecule has 0 amide bonds. The summed E-state index contributed by atoms with van der Waals surface area (Å²) >= 11 is 0. The third-order valence-corrected chi connectivity index (χ3v) is 3.33. The highest BCUT2D eigenvalue weighted by molar-refractivity contribution is 5.56. The van der Waals surface area contributed by atoms with Gasteiger partial charge in [0.05, 0.1) is 12.7 Å². The van der Waals surface area contributed by atoms with Gasteiger partial charge in [0.25, 0.3) is 0 Å². The molecule has 2 aliphatic rings. The van der Waals surface area contributed by atoms with Gasteiger partial charge in [0.15, 0.2) is 12.5 Å². The minimum absolute atomic E-state index is 0.101. The third kappa shape index (κ3) is 2.49. The van der Waals surface area contributed by atoms with Crippen LogP contribution in [0.15, 0.2) is 18.2 Å². The van der Waals surface area contributed by atoms with Crippen molar-refractivity contribution in [2.24, 2.45) is 0 Å². The molecule has 0 radical (unpaired) electrons. The van der Waals surface area contributed by atoms with E-state index in [-0.39, 0.29) is 6.10 Å². The highest BCUT2D eigenvalue weighted by Crippen LogP contribution is 2.34. The second-order valence-corrected chi connectivity index (χ2v) is 5.25. The molecule has 3 rings (SSSR count). The Morgan fingerprint density at radius 3 is 3.00 bits per heavy atom. The first-order valence-electron chi connectivity index (χ1n) is 6.37. The quantitative estimate of drug-likeness (QED) is 0.820. The molecular weight excluding hydrogens is 246 g/mol. The van der Waals surface area contributed by atoms with Crippen molar-refractivity contribution in [2.45, 2.75) is 38.6 Å². The number of rotatable bonds is 2. The number of hydrogen-bond acceptors (Lipinski definition) is 5. The lowest BCUT2D eigenvalue weighted by Crippen LogP contribution is -2.35. The van der Waals surface area contributed by atoms with E-state index in [1.807, 2.05) is 32.0 Å². The lowest BCUT2D eigenvalue weighted by atomic mass is 10.0. The number of nitrogens with one attached hydrogen (secondary N) is 1. The summed E-state index contributed by atoms with van der Waals surface area (Å²) in [6, 6.07) is 5.93. The number of carbonyl (C=O) groups is 1. The smallest absolute Gasteiger partial charge is 0.205 e. The summed E-state index contributed by atoms with van der Waals surface area (Å²) in [5, 5.41) is 3.00. The number of fused-ring (bicyclic) bond motifs is 1. The maximum atomic E-state index is 10.7. The molecule has 1 saturated heterocycles. The first-order chi connectivity index (χ1) is 9.07. The maximum Gasteiger partial charge on any atom is 0.205 e. The standard InChI is InChI=1S/C14H17NO4/c1-14(2)17-8-10-5-9(3-4-11(10)19-14)12-6-15-13(7-16)18-12/h3-5,7,12-13,15H,6,8H2,1-2H3/t12-,13?/m0/s1. The number of carbonyl (C=O) groups excluding carboxylic acids is 1. The summed E-state index contributed by atoms with van der Waals surface area (Å²) in [6.45, 7) is 4.94. The number of hydrogen-bond donors (Lipinski definition) is 1. The molecule has 0 spiro atoms. The normalized spacial score (nSPS) is 28.5. The van der Waals surface area contributed by atoms with Gasteiger partial charge in [-0.05, 0) is 17.7 Å². The predicted molar refractivity (Wildman–Crippen MR) is 67.6 cm³/mol. The van der Waals surface area contributed by atoms with Gasteiger partial charge in [0, 0.05) is 26.0 Å². The third-order valence-electron chi connectivity index (χ3n) is 3.33. The first-order valence-corrected chi connectivity index (χ1v) is 6.37. The van der Waals surface area contributed by atoms with Crippen LogP contribution in [0, 0.1) is 0 Å². The largest absolute Gasteiger partial charge is 0.463 e. The Morgan fingerprint density at radius 2 is 2.26 bits per heavy atom. The molecule has 1 fully saturated rings. The monoisotopic (exact) mass is 263 g/mol. The summed E-state index contributed by atoms with van der Waals surface area (Å²) in [7, 11) is 0. The van der Waals surface area contributed by atoms with Gasteiger partial charge in [-0.2, -0.15) is 0 Å². The van der Waals surface area contributed by atoms with Crippen molar-refractivity contribution in [3.63, 3.8) is 0 Å². The van der Waals surface area contributed by atoms with Crippen LogP contribution in [-0.4, -0.2) is 24.8 Å². The molecule has 2 aliphatic heterocycles. The van der Waals surface area contributed by atoms with Crippen molar-refractivity contribution in [2.75, 3.05) is 6.54 Å². The zero-order valence-electron chi connectivity index (χ0n) is 11.0. The van der Waals surface area contributed by atoms with Gasteiger partial charge in [0.2, 0.25) is 5.79 Å². The van der Waals surface area contributed by atoms with E-state index in [9.17, 15) is 4.79 Å². The molecule has 102 valence electrons. The number of benzene rings is 1. The molecular formula is C14H17NO4. The lowest BCUT2D eigenvalue weighted by molar-refractivity contribution is -0.180. The Labute approximate surface area is 111 Å². The van der Waals surface area contributed by atoms with Crippen molar-refractivity contribution < 1.29 is 19.0 Å². The van der Waals surface area contributed by atoms with E-state index in [0.29, 0.717) is 13.2 Å². The molecule has 2 atom stereocenters. The Kier molecular flexibility index (Phi) is 3.05. The van der Waals surface area contributed by atoms with Gasteiger partial charge in [-0.1, -0.05) is 6.07 Å². The minimum Gasteiger partial charge on any atom is -0.463 e. The Bertz CT molecular complexity index is 500. The Morgan fingerprint density at radius 1 is 1.42 bits per heavy atom. The fraction of sp³-hybridized carbons (Fsp3) is 0.500. The summed E-state index contributed by atoms with van der Waals surface area (Å²) in [5.74, 6) is 0.264. The van der Waals surface area contributed by atoms with Crippen molar-refractivity contribution in [1.82, 2.24) is 5.32 Å².